The molecular formula is C19H21NO3. The standard InChI is InChI=1S/C19H21NO3/c1-2-15(21)11-7-5-3-4-6-10-14-20-18(22)16-12-8-9-13-17(16)19(20)23/h8-9,12-13H,2,4,6-7,10-11,14H2,1H3. The highest BCUT2D eigenvalue weighted by Gasteiger charge is 2.34. The number of carbonyl (C=O) groups is 3. The van der Waals surface area contributed by atoms with E-state index in [1.165, 1.54) is 4.90 Å². The second-order valence-electron chi connectivity index (χ2n) is 5.51. The average Bonchev–Trinajstić information content (AvgIpc) is 2.82. The Morgan fingerprint density at radius 3 is 2.22 bits per heavy atom. The van der Waals surface area contributed by atoms with Crippen molar-refractivity contribution < 1.29 is 14.4 Å². The average molecular weight is 311 g/mol. The Bertz CT molecular complexity index is 632. The van der Waals surface area contributed by atoms with Gasteiger partial charge in [-0.3, -0.25) is 19.3 Å². The maximum atomic E-state index is 12.1. The normalized spacial score (nSPS) is 12.8. The van der Waals surface area contributed by atoms with Crippen LogP contribution in [-0.2, 0) is 4.79 Å². The lowest BCUT2D eigenvalue weighted by atomic mass is 10.1. The number of carbonyl (C=O) groups excluding carboxylic acids is 3. The Kier molecular flexibility index (Phi) is 6.10. The van der Waals surface area contributed by atoms with Crippen molar-refractivity contribution in [3.05, 3.63) is 35.4 Å². The molecule has 23 heavy (non-hydrogen) atoms. The molecule has 1 aromatic carbocycles. The summed E-state index contributed by atoms with van der Waals surface area (Å²) >= 11 is 0. The minimum atomic E-state index is -0.199. The van der Waals surface area contributed by atoms with Crippen LogP contribution in [0, 0.1) is 11.8 Å². The number of fused-ring (bicyclic) bond motifs is 1. The third-order valence-electron chi connectivity index (χ3n) is 3.86. The summed E-state index contributed by atoms with van der Waals surface area (Å²) in [6.45, 7) is 2.29. The molecule has 1 aromatic rings. The van der Waals surface area contributed by atoms with E-state index in [1.54, 1.807) is 24.3 Å². The molecule has 0 atom stereocenters. The van der Waals surface area contributed by atoms with Crippen LogP contribution in [0.5, 0.6) is 0 Å². The number of unbranched alkanes of at least 4 members (excludes halogenated alkanes) is 2. The fraction of sp³-hybridized carbons (Fsp3) is 0.421. The largest absolute Gasteiger partial charge is 0.300 e. The predicted octanol–water partition coefficient (Wildman–Crippen LogP) is 3.22. The van der Waals surface area contributed by atoms with Crippen LogP contribution in [0.15, 0.2) is 24.3 Å². The Morgan fingerprint density at radius 1 is 1.00 bits per heavy atom. The Hall–Kier alpha value is -2.41. The van der Waals surface area contributed by atoms with Gasteiger partial charge in [-0.05, 0) is 25.0 Å². The van der Waals surface area contributed by atoms with Crippen LogP contribution in [0.25, 0.3) is 0 Å². The summed E-state index contributed by atoms with van der Waals surface area (Å²) in [4.78, 5) is 36.7. The molecule has 1 heterocycles. The van der Waals surface area contributed by atoms with Crippen LogP contribution in [0.3, 0.4) is 0 Å². The predicted molar refractivity (Wildman–Crippen MR) is 88.0 cm³/mol. The summed E-state index contributed by atoms with van der Waals surface area (Å²) in [5.41, 5.74) is 0.996. The Morgan fingerprint density at radius 2 is 1.61 bits per heavy atom. The molecule has 0 aliphatic carbocycles. The van der Waals surface area contributed by atoms with E-state index < -0.39 is 0 Å². The van der Waals surface area contributed by atoms with E-state index in [9.17, 15) is 14.4 Å². The zero-order chi connectivity index (χ0) is 16.7. The number of benzene rings is 1. The summed E-state index contributed by atoms with van der Waals surface area (Å²) in [7, 11) is 0. The van der Waals surface area contributed by atoms with Gasteiger partial charge in [-0.25, -0.2) is 0 Å². The Balaban J connectivity index is 1.70. The number of imide groups is 1. The molecule has 0 N–H and O–H groups in total. The first-order valence-electron chi connectivity index (χ1n) is 8.07. The molecule has 2 amide bonds. The van der Waals surface area contributed by atoms with Gasteiger partial charge >= 0.3 is 0 Å². The summed E-state index contributed by atoms with van der Waals surface area (Å²) < 4.78 is 0. The quantitative estimate of drug-likeness (QED) is 0.441. The van der Waals surface area contributed by atoms with Gasteiger partial charge in [0.2, 0.25) is 0 Å². The number of rotatable bonds is 7. The molecule has 1 aliphatic heterocycles. The van der Waals surface area contributed by atoms with Gasteiger partial charge in [-0.15, -0.1) is 11.8 Å². The number of hydrogen-bond acceptors (Lipinski definition) is 3. The van der Waals surface area contributed by atoms with E-state index in [0.29, 0.717) is 36.9 Å². The zero-order valence-corrected chi connectivity index (χ0v) is 13.4. The minimum absolute atomic E-state index is 0.199. The van der Waals surface area contributed by atoms with Gasteiger partial charge in [-0.1, -0.05) is 19.1 Å². The number of ketones is 1. The van der Waals surface area contributed by atoms with Crippen LogP contribution < -0.4 is 0 Å². The second-order valence-corrected chi connectivity index (χ2v) is 5.51. The lowest BCUT2D eigenvalue weighted by Gasteiger charge is -2.12. The topological polar surface area (TPSA) is 54.5 Å². The van der Waals surface area contributed by atoms with Crippen molar-refractivity contribution in [1.82, 2.24) is 4.90 Å². The van der Waals surface area contributed by atoms with Gasteiger partial charge < -0.3 is 0 Å². The number of Topliss-reactive ketones (excluding diaryl/α,β-unsaturated/α-hetero) is 1. The fourth-order valence-electron chi connectivity index (χ4n) is 2.48. The first-order valence-corrected chi connectivity index (χ1v) is 8.07. The lowest BCUT2D eigenvalue weighted by molar-refractivity contribution is -0.118. The maximum absolute atomic E-state index is 12.1. The molecule has 120 valence electrons. The summed E-state index contributed by atoms with van der Waals surface area (Å²) in [6.07, 6.45) is 4.02. The van der Waals surface area contributed by atoms with Crippen molar-refractivity contribution in [3.63, 3.8) is 0 Å². The van der Waals surface area contributed by atoms with Gasteiger partial charge in [0, 0.05) is 32.2 Å². The van der Waals surface area contributed by atoms with E-state index in [1.807, 2.05) is 6.92 Å². The molecule has 0 spiro atoms. The first kappa shape index (κ1) is 17.0. The summed E-state index contributed by atoms with van der Waals surface area (Å²) in [6, 6.07) is 6.93. The zero-order valence-electron chi connectivity index (χ0n) is 13.4. The van der Waals surface area contributed by atoms with Gasteiger partial charge in [0.25, 0.3) is 11.8 Å². The molecule has 0 saturated heterocycles. The van der Waals surface area contributed by atoms with Crippen molar-refractivity contribution in [2.45, 2.75) is 45.4 Å². The van der Waals surface area contributed by atoms with E-state index in [-0.39, 0.29) is 17.6 Å². The van der Waals surface area contributed by atoms with Crippen LogP contribution in [-0.4, -0.2) is 29.0 Å². The summed E-state index contributed by atoms with van der Waals surface area (Å²) in [5, 5.41) is 0. The minimum Gasteiger partial charge on any atom is -0.300 e. The van der Waals surface area contributed by atoms with Gasteiger partial charge in [0.1, 0.15) is 5.78 Å². The van der Waals surface area contributed by atoms with E-state index >= 15 is 0 Å². The molecule has 0 fully saturated rings. The fourth-order valence-corrected chi connectivity index (χ4v) is 2.48. The van der Waals surface area contributed by atoms with Gasteiger partial charge in [0.05, 0.1) is 11.1 Å². The third kappa shape index (κ3) is 4.29. The first-order chi connectivity index (χ1) is 11.1. The third-order valence-corrected chi connectivity index (χ3v) is 3.86. The van der Waals surface area contributed by atoms with E-state index in [0.717, 1.165) is 19.3 Å². The van der Waals surface area contributed by atoms with Crippen LogP contribution >= 0.6 is 0 Å². The molecule has 0 unspecified atom stereocenters. The van der Waals surface area contributed by atoms with Crippen LogP contribution in [0.1, 0.15) is 66.2 Å². The SMILES string of the molecule is CCC(=O)CCC#CCCCCN1C(=O)c2ccccc2C1=O. The highest BCUT2D eigenvalue weighted by molar-refractivity contribution is 6.21. The molecule has 4 nitrogen and oxygen atoms in total. The molecule has 4 heteroatoms. The van der Waals surface area contributed by atoms with Crippen molar-refractivity contribution in [2.75, 3.05) is 6.54 Å². The molecule has 0 bridgehead atoms. The monoisotopic (exact) mass is 311 g/mol. The van der Waals surface area contributed by atoms with Gasteiger partial charge in [0.15, 0.2) is 0 Å². The van der Waals surface area contributed by atoms with E-state index in [4.69, 9.17) is 0 Å². The maximum Gasteiger partial charge on any atom is 0.261 e. The second kappa shape index (κ2) is 8.28. The van der Waals surface area contributed by atoms with E-state index in [2.05, 4.69) is 11.8 Å². The highest BCUT2D eigenvalue weighted by atomic mass is 16.2. The molecule has 2 rings (SSSR count). The lowest BCUT2D eigenvalue weighted by Crippen LogP contribution is -2.30. The van der Waals surface area contributed by atoms with Crippen molar-refractivity contribution in [1.29, 1.82) is 0 Å². The molecule has 0 radical (unpaired) electrons. The molecule has 0 aromatic heterocycles. The smallest absolute Gasteiger partial charge is 0.261 e. The molecular weight excluding hydrogens is 290 g/mol. The van der Waals surface area contributed by atoms with Crippen LogP contribution in [0.2, 0.25) is 0 Å². The van der Waals surface area contributed by atoms with Crippen molar-refractivity contribution in [2.24, 2.45) is 0 Å². The molecule has 1 aliphatic rings. The Labute approximate surface area is 136 Å². The highest BCUT2D eigenvalue weighted by Crippen LogP contribution is 2.22. The number of nitrogens with zero attached hydrogens (tertiary/aromatic N) is 1. The van der Waals surface area contributed by atoms with Crippen LogP contribution in [0.4, 0.5) is 0 Å². The van der Waals surface area contributed by atoms with Crippen molar-refractivity contribution in [3.8, 4) is 11.8 Å². The van der Waals surface area contributed by atoms with Gasteiger partial charge in [-0.2, -0.15) is 0 Å². The summed E-state index contributed by atoms with van der Waals surface area (Å²) in [5.74, 6) is 5.87. The number of hydrogen-bond donors (Lipinski definition) is 0. The molecule has 0 saturated carbocycles. The van der Waals surface area contributed by atoms with Crippen molar-refractivity contribution >= 4 is 17.6 Å². The number of amides is 2.